The Labute approximate surface area is 62.3 Å². The van der Waals surface area contributed by atoms with E-state index in [1.54, 1.807) is 0 Å². The van der Waals surface area contributed by atoms with Gasteiger partial charge in [0.25, 0.3) is 0 Å². The smallest absolute Gasteiger partial charge is 0.0129 e. The van der Waals surface area contributed by atoms with Gasteiger partial charge >= 0.3 is 0 Å². The highest BCUT2D eigenvalue weighted by atomic mass is 14.6. The lowest BCUT2D eigenvalue weighted by atomic mass is 9.86. The van der Waals surface area contributed by atoms with Crippen molar-refractivity contribution in [2.75, 3.05) is 0 Å². The highest BCUT2D eigenvalue weighted by Crippen LogP contribution is 2.63. The fraction of sp³-hybridized carbons (Fsp3) is 0.800. The minimum atomic E-state index is 0.957. The molecule has 0 heteroatoms. The molecule has 0 radical (unpaired) electrons. The van der Waals surface area contributed by atoms with E-state index < -0.39 is 0 Å². The Morgan fingerprint density at radius 1 is 1.10 bits per heavy atom. The molecule has 3 unspecified atom stereocenters. The molecule has 3 aliphatic carbocycles. The Morgan fingerprint density at radius 3 is 2.70 bits per heavy atom. The lowest BCUT2D eigenvalue weighted by Gasteiger charge is -2.19. The van der Waals surface area contributed by atoms with Gasteiger partial charge in [-0.05, 0) is 43.4 Å². The molecule has 0 spiro atoms. The zero-order valence-electron chi connectivity index (χ0n) is 6.56. The second kappa shape index (κ2) is 1.49. The molecular formula is C10H14. The minimum Gasteiger partial charge on any atom is -0.0676 e. The summed E-state index contributed by atoms with van der Waals surface area (Å²) < 4.78 is 0. The molecular weight excluding hydrogens is 120 g/mol. The van der Waals surface area contributed by atoms with Gasteiger partial charge in [0.1, 0.15) is 0 Å². The van der Waals surface area contributed by atoms with Crippen LogP contribution in [0.15, 0.2) is 11.1 Å². The van der Waals surface area contributed by atoms with Crippen molar-refractivity contribution < 1.29 is 0 Å². The van der Waals surface area contributed by atoms with E-state index in [4.69, 9.17) is 0 Å². The summed E-state index contributed by atoms with van der Waals surface area (Å²) in [5, 5.41) is 0. The summed E-state index contributed by atoms with van der Waals surface area (Å²) in [5.41, 5.74) is 3.79. The van der Waals surface area contributed by atoms with E-state index in [-0.39, 0.29) is 0 Å². The highest BCUT2D eigenvalue weighted by Gasteiger charge is 2.51. The van der Waals surface area contributed by atoms with Crippen LogP contribution in [0, 0.1) is 17.8 Å². The van der Waals surface area contributed by atoms with Crippen LogP contribution in [-0.2, 0) is 0 Å². The summed E-state index contributed by atoms with van der Waals surface area (Å²) in [6.07, 6.45) is 5.97. The van der Waals surface area contributed by atoms with E-state index in [2.05, 4.69) is 6.92 Å². The fourth-order valence-electron chi connectivity index (χ4n) is 3.16. The van der Waals surface area contributed by atoms with Crippen molar-refractivity contribution in [3.05, 3.63) is 11.1 Å². The van der Waals surface area contributed by atoms with Gasteiger partial charge in [-0.2, -0.15) is 0 Å². The number of fused-ring (bicyclic) bond motifs is 1. The van der Waals surface area contributed by atoms with E-state index in [0.717, 1.165) is 17.8 Å². The molecule has 1 saturated carbocycles. The van der Waals surface area contributed by atoms with Crippen LogP contribution in [0.3, 0.4) is 0 Å². The summed E-state index contributed by atoms with van der Waals surface area (Å²) >= 11 is 0. The first-order valence-corrected chi connectivity index (χ1v) is 4.61. The quantitative estimate of drug-likeness (QED) is 0.447. The van der Waals surface area contributed by atoms with Crippen molar-refractivity contribution in [3.63, 3.8) is 0 Å². The average Bonchev–Trinajstić information content (AvgIpc) is 2.40. The molecule has 0 heterocycles. The van der Waals surface area contributed by atoms with Crippen molar-refractivity contribution in [1.82, 2.24) is 0 Å². The average molecular weight is 134 g/mol. The first-order chi connectivity index (χ1) is 4.88. The Morgan fingerprint density at radius 2 is 1.90 bits per heavy atom. The molecule has 0 aromatic carbocycles. The molecule has 1 fully saturated rings. The second-order valence-electron chi connectivity index (χ2n) is 4.21. The molecule has 0 aromatic rings. The Kier molecular flexibility index (Phi) is 0.805. The molecule has 54 valence electrons. The molecule has 0 amide bonds. The molecule has 10 heavy (non-hydrogen) atoms. The predicted molar refractivity (Wildman–Crippen MR) is 41.6 cm³/mol. The first kappa shape index (κ1) is 5.40. The van der Waals surface area contributed by atoms with Crippen LogP contribution >= 0.6 is 0 Å². The van der Waals surface area contributed by atoms with Crippen LogP contribution in [0.25, 0.3) is 0 Å². The Bertz CT molecular complexity index is 212. The number of hydrogen-bond acceptors (Lipinski definition) is 0. The summed E-state index contributed by atoms with van der Waals surface area (Å²) in [5.74, 6) is 3.15. The van der Waals surface area contributed by atoms with Gasteiger partial charge in [0.15, 0.2) is 0 Å². The second-order valence-corrected chi connectivity index (χ2v) is 4.21. The van der Waals surface area contributed by atoms with Crippen molar-refractivity contribution in [3.8, 4) is 0 Å². The molecule has 0 N–H and O–H groups in total. The Hall–Kier alpha value is -0.260. The first-order valence-electron chi connectivity index (χ1n) is 4.61. The topological polar surface area (TPSA) is 0 Å². The van der Waals surface area contributed by atoms with Crippen LogP contribution < -0.4 is 0 Å². The van der Waals surface area contributed by atoms with Gasteiger partial charge in [0.05, 0.1) is 0 Å². The number of allylic oxidation sites excluding steroid dienone is 2. The third-order valence-electron chi connectivity index (χ3n) is 3.78. The summed E-state index contributed by atoms with van der Waals surface area (Å²) in [4.78, 5) is 0. The van der Waals surface area contributed by atoms with Gasteiger partial charge < -0.3 is 0 Å². The van der Waals surface area contributed by atoms with Crippen molar-refractivity contribution in [2.24, 2.45) is 17.8 Å². The Balaban J connectivity index is 2.06. The SMILES string of the molecule is CC1CCC2C3=C1CCC32. The van der Waals surface area contributed by atoms with Crippen LogP contribution in [0.2, 0.25) is 0 Å². The van der Waals surface area contributed by atoms with Gasteiger partial charge in [-0.1, -0.05) is 18.1 Å². The van der Waals surface area contributed by atoms with Gasteiger partial charge in [0.2, 0.25) is 0 Å². The highest BCUT2D eigenvalue weighted by molar-refractivity contribution is 5.42. The van der Waals surface area contributed by atoms with Gasteiger partial charge in [0, 0.05) is 0 Å². The fourth-order valence-corrected chi connectivity index (χ4v) is 3.16. The molecule has 3 aliphatic rings. The summed E-state index contributed by atoms with van der Waals surface area (Å²) in [6, 6.07) is 0. The third-order valence-corrected chi connectivity index (χ3v) is 3.78. The lowest BCUT2D eigenvalue weighted by Crippen LogP contribution is -2.05. The maximum absolute atomic E-state index is 2.42. The summed E-state index contributed by atoms with van der Waals surface area (Å²) in [6.45, 7) is 2.42. The van der Waals surface area contributed by atoms with Crippen LogP contribution in [0.4, 0.5) is 0 Å². The van der Waals surface area contributed by atoms with E-state index >= 15 is 0 Å². The maximum Gasteiger partial charge on any atom is -0.0129 e. The van der Waals surface area contributed by atoms with Crippen LogP contribution in [0.1, 0.15) is 32.6 Å². The largest absolute Gasteiger partial charge is 0.0676 e. The maximum atomic E-state index is 2.42. The summed E-state index contributed by atoms with van der Waals surface area (Å²) in [7, 11) is 0. The minimum absolute atomic E-state index is 0.957. The van der Waals surface area contributed by atoms with Crippen LogP contribution in [-0.4, -0.2) is 0 Å². The molecule has 0 aromatic heterocycles. The number of rotatable bonds is 0. The van der Waals surface area contributed by atoms with E-state index in [9.17, 15) is 0 Å². The monoisotopic (exact) mass is 134 g/mol. The molecule has 3 rings (SSSR count). The van der Waals surface area contributed by atoms with Crippen molar-refractivity contribution in [1.29, 1.82) is 0 Å². The van der Waals surface area contributed by atoms with E-state index in [0.29, 0.717) is 0 Å². The van der Waals surface area contributed by atoms with Crippen LogP contribution in [0.5, 0.6) is 0 Å². The molecule has 0 aliphatic heterocycles. The van der Waals surface area contributed by atoms with Crippen molar-refractivity contribution in [2.45, 2.75) is 32.6 Å². The molecule has 0 saturated heterocycles. The lowest BCUT2D eigenvalue weighted by molar-refractivity contribution is 0.463. The number of hydrogen-bond donors (Lipinski definition) is 0. The predicted octanol–water partition coefficient (Wildman–Crippen LogP) is 2.75. The normalized spacial score (nSPS) is 49.5. The molecule has 0 bridgehead atoms. The standard InChI is InChI=1S/C10H14/c1-6-2-3-8-9-5-4-7(6)10(8)9/h6,8-9H,2-5H2,1H3. The van der Waals surface area contributed by atoms with Gasteiger partial charge in [-0.15, -0.1) is 0 Å². The van der Waals surface area contributed by atoms with E-state index in [1.165, 1.54) is 25.7 Å². The third kappa shape index (κ3) is 0.457. The molecule has 3 atom stereocenters. The van der Waals surface area contributed by atoms with Crippen molar-refractivity contribution >= 4 is 0 Å². The van der Waals surface area contributed by atoms with Gasteiger partial charge in [-0.25, -0.2) is 0 Å². The zero-order chi connectivity index (χ0) is 6.72. The molecule has 0 nitrogen and oxygen atoms in total. The zero-order valence-corrected chi connectivity index (χ0v) is 6.56. The van der Waals surface area contributed by atoms with E-state index in [1.807, 2.05) is 11.1 Å². The van der Waals surface area contributed by atoms with Gasteiger partial charge in [-0.3, -0.25) is 0 Å².